The van der Waals surface area contributed by atoms with Gasteiger partial charge in [0.25, 0.3) is 0 Å². The van der Waals surface area contributed by atoms with Gasteiger partial charge in [-0.25, -0.2) is 4.79 Å². The lowest BCUT2D eigenvalue weighted by atomic mass is 9.85. The average Bonchev–Trinajstić information content (AvgIpc) is 2.91. The molecule has 2 N–H and O–H groups in total. The second-order valence-corrected chi connectivity index (χ2v) is 6.41. The van der Waals surface area contributed by atoms with Gasteiger partial charge in [-0.3, -0.25) is 0 Å². The molecule has 21 heavy (non-hydrogen) atoms. The molecule has 0 fully saturated rings. The van der Waals surface area contributed by atoms with E-state index in [4.69, 9.17) is 9.52 Å². The Balaban J connectivity index is 2.00. The van der Waals surface area contributed by atoms with Crippen molar-refractivity contribution in [1.82, 2.24) is 5.32 Å². The Morgan fingerprint density at radius 1 is 1.33 bits per heavy atom. The van der Waals surface area contributed by atoms with Crippen LogP contribution in [0, 0.1) is 12.3 Å². The van der Waals surface area contributed by atoms with Gasteiger partial charge in [0, 0.05) is 5.56 Å². The summed E-state index contributed by atoms with van der Waals surface area (Å²) in [5, 5.41) is 11.7. The number of fused-ring (bicyclic) bond motifs is 1. The third-order valence-electron chi connectivity index (χ3n) is 4.21. The molecule has 1 aliphatic carbocycles. The smallest absolute Gasteiger partial charge is 0.405 e. The number of nitrogens with one attached hydrogen (secondary N) is 1. The third-order valence-corrected chi connectivity index (χ3v) is 4.21. The fourth-order valence-corrected chi connectivity index (χ4v) is 3.23. The van der Waals surface area contributed by atoms with Crippen molar-refractivity contribution < 1.29 is 14.3 Å². The van der Waals surface area contributed by atoms with Gasteiger partial charge < -0.3 is 14.8 Å². The van der Waals surface area contributed by atoms with E-state index in [1.165, 1.54) is 5.56 Å². The van der Waals surface area contributed by atoms with Crippen LogP contribution in [0.15, 0.2) is 34.9 Å². The van der Waals surface area contributed by atoms with Crippen LogP contribution >= 0.6 is 0 Å². The second-order valence-electron chi connectivity index (χ2n) is 6.41. The van der Waals surface area contributed by atoms with Gasteiger partial charge in [0.05, 0.1) is 12.3 Å². The van der Waals surface area contributed by atoms with Gasteiger partial charge in [-0.1, -0.05) is 32.0 Å². The maximum absolute atomic E-state index is 11.0. The van der Waals surface area contributed by atoms with Crippen LogP contribution in [-0.4, -0.2) is 11.2 Å². The van der Waals surface area contributed by atoms with Crippen molar-refractivity contribution in [3.05, 3.63) is 47.4 Å². The van der Waals surface area contributed by atoms with Gasteiger partial charge in [0.15, 0.2) is 0 Å². The number of hydrogen-bond acceptors (Lipinski definition) is 2. The van der Waals surface area contributed by atoms with Crippen LogP contribution < -0.4 is 5.32 Å². The van der Waals surface area contributed by atoms with Gasteiger partial charge in [0.2, 0.25) is 0 Å². The summed E-state index contributed by atoms with van der Waals surface area (Å²) in [6, 6.07) is 8.05. The zero-order valence-corrected chi connectivity index (χ0v) is 12.4. The first-order valence-electron chi connectivity index (χ1n) is 7.04. The largest absolute Gasteiger partial charge is 0.469 e. The number of hydrogen-bond donors (Lipinski definition) is 2. The van der Waals surface area contributed by atoms with Crippen molar-refractivity contribution in [2.45, 2.75) is 33.2 Å². The van der Waals surface area contributed by atoms with Crippen molar-refractivity contribution in [2.24, 2.45) is 5.41 Å². The minimum absolute atomic E-state index is 0.119. The number of carboxylic acid groups (broad SMARTS) is 1. The molecule has 0 bridgehead atoms. The lowest BCUT2D eigenvalue weighted by Crippen LogP contribution is -2.34. The van der Waals surface area contributed by atoms with Crippen LogP contribution in [0.25, 0.3) is 11.1 Å². The summed E-state index contributed by atoms with van der Waals surface area (Å²) < 4.78 is 5.36. The maximum atomic E-state index is 11.0. The summed E-state index contributed by atoms with van der Waals surface area (Å²) in [5.41, 5.74) is 4.33. The predicted molar refractivity (Wildman–Crippen MR) is 80.3 cm³/mol. The quantitative estimate of drug-likeness (QED) is 0.871. The van der Waals surface area contributed by atoms with Gasteiger partial charge in [-0.2, -0.15) is 0 Å². The highest BCUT2D eigenvalue weighted by atomic mass is 16.4. The summed E-state index contributed by atoms with van der Waals surface area (Å²) in [4.78, 5) is 11.0. The molecule has 1 aromatic carbocycles. The van der Waals surface area contributed by atoms with E-state index in [-0.39, 0.29) is 11.5 Å². The van der Waals surface area contributed by atoms with Crippen LogP contribution in [0.1, 0.15) is 36.8 Å². The van der Waals surface area contributed by atoms with Crippen molar-refractivity contribution in [3.63, 3.8) is 0 Å². The molecule has 1 aromatic heterocycles. The summed E-state index contributed by atoms with van der Waals surface area (Å²) in [6.45, 7) is 6.11. The molecule has 4 heteroatoms. The molecule has 2 aromatic rings. The number of aryl methyl sites for hydroxylation is 1. The van der Waals surface area contributed by atoms with Gasteiger partial charge in [-0.05, 0) is 41.5 Å². The van der Waals surface area contributed by atoms with E-state index in [2.05, 4.69) is 25.2 Å². The van der Waals surface area contributed by atoms with E-state index < -0.39 is 6.09 Å². The first-order chi connectivity index (χ1) is 9.87. The molecule has 0 saturated carbocycles. The van der Waals surface area contributed by atoms with Crippen LogP contribution in [0.2, 0.25) is 0 Å². The number of amides is 1. The molecule has 1 heterocycles. The number of carbonyl (C=O) groups is 1. The minimum Gasteiger partial charge on any atom is -0.469 e. The summed E-state index contributed by atoms with van der Waals surface area (Å²) in [6.07, 6.45) is 1.64. The van der Waals surface area contributed by atoms with E-state index in [1.807, 2.05) is 25.1 Å². The fraction of sp³-hybridized carbons (Fsp3) is 0.353. The molecule has 1 atom stereocenters. The Kier molecular flexibility index (Phi) is 3.04. The molecule has 3 rings (SSSR count). The Morgan fingerprint density at radius 2 is 2.10 bits per heavy atom. The molecule has 1 aliphatic rings. The normalized spacial score (nSPS) is 19.3. The first kappa shape index (κ1) is 13.7. The van der Waals surface area contributed by atoms with Gasteiger partial charge in [0.1, 0.15) is 5.76 Å². The SMILES string of the molecule is Cc1cc(-c2ccc3c(c2)CC(C)(C)C3NC(=O)O)co1. The van der Waals surface area contributed by atoms with Crippen LogP contribution in [-0.2, 0) is 6.42 Å². The maximum Gasteiger partial charge on any atom is 0.405 e. The minimum atomic E-state index is -0.976. The molecule has 0 aliphatic heterocycles. The monoisotopic (exact) mass is 285 g/mol. The molecule has 0 radical (unpaired) electrons. The molecule has 0 spiro atoms. The van der Waals surface area contributed by atoms with Gasteiger partial charge in [-0.15, -0.1) is 0 Å². The molecule has 0 saturated heterocycles. The van der Waals surface area contributed by atoms with E-state index in [0.717, 1.165) is 28.9 Å². The zero-order chi connectivity index (χ0) is 15.2. The van der Waals surface area contributed by atoms with E-state index in [1.54, 1.807) is 6.26 Å². The fourth-order valence-electron chi connectivity index (χ4n) is 3.23. The van der Waals surface area contributed by atoms with Crippen molar-refractivity contribution in [1.29, 1.82) is 0 Å². The average molecular weight is 285 g/mol. The lowest BCUT2D eigenvalue weighted by Gasteiger charge is -2.27. The summed E-state index contributed by atoms with van der Waals surface area (Å²) >= 11 is 0. The van der Waals surface area contributed by atoms with Crippen LogP contribution in [0.4, 0.5) is 4.79 Å². The summed E-state index contributed by atoms with van der Waals surface area (Å²) in [5.74, 6) is 0.885. The Hall–Kier alpha value is -2.23. The second kappa shape index (κ2) is 4.65. The highest BCUT2D eigenvalue weighted by Gasteiger charge is 2.39. The van der Waals surface area contributed by atoms with Crippen LogP contribution in [0.5, 0.6) is 0 Å². The van der Waals surface area contributed by atoms with E-state index >= 15 is 0 Å². The standard InChI is InChI=1S/C17H19NO3/c1-10-6-13(9-21-10)11-4-5-14-12(7-11)8-17(2,3)15(14)18-16(19)20/h4-7,9,15,18H,8H2,1-3H3,(H,19,20). The molecule has 110 valence electrons. The Labute approximate surface area is 123 Å². The van der Waals surface area contributed by atoms with Crippen molar-refractivity contribution >= 4 is 6.09 Å². The first-order valence-corrected chi connectivity index (χ1v) is 7.04. The zero-order valence-electron chi connectivity index (χ0n) is 12.4. The Bertz CT molecular complexity index is 700. The molecular weight excluding hydrogens is 266 g/mol. The summed E-state index contributed by atoms with van der Waals surface area (Å²) in [7, 11) is 0. The molecular formula is C17H19NO3. The highest BCUT2D eigenvalue weighted by molar-refractivity contribution is 5.68. The third kappa shape index (κ3) is 2.42. The number of furan rings is 1. The molecule has 4 nitrogen and oxygen atoms in total. The number of benzene rings is 1. The van der Waals surface area contributed by atoms with E-state index in [0.29, 0.717) is 0 Å². The lowest BCUT2D eigenvalue weighted by molar-refractivity contribution is 0.175. The highest BCUT2D eigenvalue weighted by Crippen LogP contribution is 2.46. The van der Waals surface area contributed by atoms with E-state index in [9.17, 15) is 4.79 Å². The predicted octanol–water partition coefficient (Wildman–Crippen LogP) is 4.15. The molecule has 1 unspecified atom stereocenters. The molecule has 1 amide bonds. The van der Waals surface area contributed by atoms with Crippen molar-refractivity contribution in [2.75, 3.05) is 0 Å². The van der Waals surface area contributed by atoms with Crippen molar-refractivity contribution in [3.8, 4) is 11.1 Å². The Morgan fingerprint density at radius 3 is 2.71 bits per heavy atom. The van der Waals surface area contributed by atoms with Crippen LogP contribution in [0.3, 0.4) is 0 Å². The topological polar surface area (TPSA) is 62.5 Å². The van der Waals surface area contributed by atoms with Gasteiger partial charge >= 0.3 is 6.09 Å². The number of rotatable bonds is 2.